The summed E-state index contributed by atoms with van der Waals surface area (Å²) in [6.45, 7) is 11.6. The van der Waals surface area contributed by atoms with Crippen LogP contribution >= 0.6 is 11.3 Å². The van der Waals surface area contributed by atoms with Gasteiger partial charge in [-0.25, -0.2) is 14.6 Å². The van der Waals surface area contributed by atoms with Gasteiger partial charge in [-0.15, -0.1) is 11.3 Å². The van der Waals surface area contributed by atoms with Gasteiger partial charge in [0, 0.05) is 39.0 Å². The highest BCUT2D eigenvalue weighted by Crippen LogP contribution is 2.46. The zero-order chi connectivity index (χ0) is 41.1. The number of carbonyl (C=O) groups is 4. The first-order valence-corrected chi connectivity index (χ1v) is 19.5. The minimum atomic E-state index is -1.08. The molecule has 2 aromatic heterocycles. The number of hydrogen-bond acceptors (Lipinski definition) is 10. The van der Waals surface area contributed by atoms with Gasteiger partial charge in [0.25, 0.3) is 11.8 Å². The first-order valence-electron chi connectivity index (χ1n) is 18.7. The van der Waals surface area contributed by atoms with Crippen molar-refractivity contribution in [3.8, 4) is 17.6 Å². The zero-order valence-electron chi connectivity index (χ0n) is 33.2. The third kappa shape index (κ3) is 9.03. The molecule has 1 saturated heterocycles. The van der Waals surface area contributed by atoms with Crippen molar-refractivity contribution in [2.45, 2.75) is 71.6 Å². The van der Waals surface area contributed by atoms with Crippen molar-refractivity contribution in [3.63, 3.8) is 0 Å². The Morgan fingerprint density at radius 1 is 1.09 bits per heavy atom. The molecule has 6 rings (SSSR count). The van der Waals surface area contributed by atoms with Crippen molar-refractivity contribution in [1.29, 1.82) is 5.26 Å². The van der Waals surface area contributed by atoms with Crippen molar-refractivity contribution >= 4 is 62.6 Å². The SMILES string of the molecule is COCCN(C(=O)OC(C)(C)C)C(C)(C)C=C(C#N)C(=O)N1CCC[C@@H](NC(=O)c2sc3nccc4c3c2NC(=O)N4c2ccc(Oc3ccccc3)cc2C)C1. The summed E-state index contributed by atoms with van der Waals surface area (Å²) in [5.41, 5.74) is 0.452. The predicted octanol–water partition coefficient (Wildman–Crippen LogP) is 7.91. The van der Waals surface area contributed by atoms with E-state index in [4.69, 9.17) is 14.2 Å². The largest absolute Gasteiger partial charge is 0.457 e. The number of para-hydroxylation sites is 1. The van der Waals surface area contributed by atoms with Crippen LogP contribution in [0.4, 0.5) is 26.7 Å². The molecule has 1 fully saturated rings. The number of hydrogen-bond donors (Lipinski definition) is 2. The van der Waals surface area contributed by atoms with E-state index in [-0.39, 0.29) is 25.3 Å². The van der Waals surface area contributed by atoms with E-state index < -0.39 is 41.1 Å². The summed E-state index contributed by atoms with van der Waals surface area (Å²) in [6, 6.07) is 17.9. The molecule has 4 heterocycles. The number of benzene rings is 2. The van der Waals surface area contributed by atoms with Gasteiger partial charge in [-0.05, 0) is 102 Å². The normalized spacial score (nSPS) is 15.8. The molecule has 2 aliphatic rings. The summed E-state index contributed by atoms with van der Waals surface area (Å²) in [5, 5.41) is 16.8. The average molecular weight is 794 g/mol. The molecule has 0 saturated carbocycles. The third-order valence-electron chi connectivity index (χ3n) is 9.56. The zero-order valence-corrected chi connectivity index (χ0v) is 34.0. The molecule has 2 N–H and O–H groups in total. The van der Waals surface area contributed by atoms with Crippen molar-refractivity contribution < 1.29 is 33.4 Å². The summed E-state index contributed by atoms with van der Waals surface area (Å²) in [4.78, 5) is 64.7. The molecule has 2 aliphatic heterocycles. The molecule has 15 heteroatoms. The van der Waals surface area contributed by atoms with E-state index in [1.807, 2.05) is 55.5 Å². The number of pyridine rings is 1. The fourth-order valence-corrected chi connectivity index (χ4v) is 7.96. The summed E-state index contributed by atoms with van der Waals surface area (Å²) in [5.74, 6) is 0.412. The molecule has 0 unspecified atom stereocenters. The predicted molar refractivity (Wildman–Crippen MR) is 218 cm³/mol. The minimum absolute atomic E-state index is 0.133. The lowest BCUT2D eigenvalue weighted by Gasteiger charge is -2.38. The number of aryl methyl sites for hydroxylation is 1. The Kier molecular flexibility index (Phi) is 11.9. The first-order chi connectivity index (χ1) is 27.1. The maximum absolute atomic E-state index is 13.9. The van der Waals surface area contributed by atoms with Crippen LogP contribution in [0, 0.1) is 18.3 Å². The third-order valence-corrected chi connectivity index (χ3v) is 10.7. The van der Waals surface area contributed by atoms with Crippen molar-refractivity contribution in [1.82, 2.24) is 20.1 Å². The van der Waals surface area contributed by atoms with Crippen LogP contribution in [0.3, 0.4) is 0 Å². The van der Waals surface area contributed by atoms with E-state index in [2.05, 4.69) is 15.6 Å². The lowest BCUT2D eigenvalue weighted by molar-refractivity contribution is -0.128. The highest BCUT2D eigenvalue weighted by molar-refractivity contribution is 7.21. The lowest BCUT2D eigenvalue weighted by Crippen LogP contribution is -2.51. The molecule has 0 spiro atoms. The van der Waals surface area contributed by atoms with Crippen LogP contribution in [0.1, 0.15) is 62.7 Å². The number of carbonyl (C=O) groups excluding carboxylic acids is 4. The van der Waals surface area contributed by atoms with E-state index in [0.717, 1.165) is 5.56 Å². The number of ether oxygens (including phenoxy) is 3. The number of aromatic nitrogens is 1. The van der Waals surface area contributed by atoms with Gasteiger partial charge in [-0.2, -0.15) is 5.26 Å². The Morgan fingerprint density at radius 2 is 1.84 bits per heavy atom. The number of likely N-dealkylation sites (tertiary alicyclic amines) is 1. The van der Waals surface area contributed by atoms with Gasteiger partial charge in [0.2, 0.25) is 0 Å². The molecule has 0 aliphatic carbocycles. The first kappa shape index (κ1) is 40.7. The van der Waals surface area contributed by atoms with Crippen molar-refractivity contribution in [2.75, 3.05) is 43.6 Å². The van der Waals surface area contributed by atoms with Gasteiger partial charge in [0.15, 0.2) is 0 Å². The van der Waals surface area contributed by atoms with Crippen LogP contribution in [0.2, 0.25) is 0 Å². The summed E-state index contributed by atoms with van der Waals surface area (Å²) >= 11 is 1.17. The quantitative estimate of drug-likeness (QED) is 0.113. The van der Waals surface area contributed by atoms with Crippen LogP contribution in [-0.4, -0.2) is 89.3 Å². The van der Waals surface area contributed by atoms with Crippen LogP contribution < -0.4 is 20.3 Å². The number of piperidine rings is 1. The van der Waals surface area contributed by atoms with E-state index in [0.29, 0.717) is 63.0 Å². The van der Waals surface area contributed by atoms with Crippen LogP contribution in [-0.2, 0) is 14.3 Å². The maximum atomic E-state index is 13.9. The van der Waals surface area contributed by atoms with Crippen LogP contribution in [0.15, 0.2) is 72.4 Å². The van der Waals surface area contributed by atoms with Crippen LogP contribution in [0.25, 0.3) is 10.2 Å². The standard InChI is InChI=1S/C42H47N7O7S/c1-26-22-30(55-29-13-9-8-10-14-29)15-16-31(26)49-32-17-18-44-37-33(32)34(46-39(49)52)35(57-37)36(50)45-28-12-11-19-47(25-28)38(51)27(24-43)23-42(5,6)48(20-21-54-7)40(53)56-41(2,3)4/h8-10,13-18,22-23,28H,11-12,19-21,25H2,1-7H3,(H,45,50)(H,46,52)/t28-/m1/s1. The maximum Gasteiger partial charge on any atom is 0.411 e. The number of rotatable bonds is 11. The smallest absolute Gasteiger partial charge is 0.411 e. The molecule has 4 aromatic rings. The number of anilines is 3. The van der Waals surface area contributed by atoms with E-state index in [9.17, 15) is 24.4 Å². The van der Waals surface area contributed by atoms with Gasteiger partial charge < -0.3 is 29.7 Å². The van der Waals surface area contributed by atoms with E-state index >= 15 is 0 Å². The average Bonchev–Trinajstić information content (AvgIpc) is 3.53. The molecule has 298 valence electrons. The molecular formula is C42H47N7O7S. The van der Waals surface area contributed by atoms with Crippen molar-refractivity contribution in [3.05, 3.63) is 82.9 Å². The highest BCUT2D eigenvalue weighted by atomic mass is 32.1. The molecule has 2 aromatic carbocycles. The highest BCUT2D eigenvalue weighted by Gasteiger charge is 2.37. The number of nitrogens with one attached hydrogen (secondary N) is 2. The number of urea groups is 1. The topological polar surface area (TPSA) is 166 Å². The summed E-state index contributed by atoms with van der Waals surface area (Å²) in [7, 11) is 1.52. The van der Waals surface area contributed by atoms with E-state index in [1.54, 1.807) is 62.7 Å². The van der Waals surface area contributed by atoms with E-state index in [1.165, 1.54) is 29.4 Å². The van der Waals surface area contributed by atoms with Gasteiger partial charge in [0.1, 0.15) is 38.4 Å². The second kappa shape index (κ2) is 16.6. The molecule has 57 heavy (non-hydrogen) atoms. The number of thiophene rings is 1. The monoisotopic (exact) mass is 793 g/mol. The Morgan fingerprint density at radius 3 is 2.53 bits per heavy atom. The van der Waals surface area contributed by atoms with Crippen molar-refractivity contribution in [2.24, 2.45) is 0 Å². The molecule has 0 radical (unpaired) electrons. The summed E-state index contributed by atoms with van der Waals surface area (Å²) < 4.78 is 16.8. The Hall–Kier alpha value is -5.98. The van der Waals surface area contributed by atoms with Gasteiger partial charge in [-0.1, -0.05) is 18.2 Å². The molecule has 0 bridgehead atoms. The van der Waals surface area contributed by atoms with Gasteiger partial charge >= 0.3 is 12.1 Å². The lowest BCUT2D eigenvalue weighted by atomic mass is 9.97. The fourth-order valence-electron chi connectivity index (χ4n) is 6.94. The number of methoxy groups -OCH3 is 1. The Balaban J connectivity index is 1.19. The summed E-state index contributed by atoms with van der Waals surface area (Å²) in [6.07, 6.45) is 3.68. The number of amides is 5. The molecule has 1 atom stereocenters. The molecular weight excluding hydrogens is 747 g/mol. The molecule has 5 amide bonds. The Bertz CT molecular complexity index is 2260. The number of nitrogens with zero attached hydrogens (tertiary/aromatic N) is 5. The van der Waals surface area contributed by atoms with Gasteiger partial charge in [0.05, 0.1) is 34.6 Å². The van der Waals surface area contributed by atoms with Crippen LogP contribution in [0.5, 0.6) is 11.5 Å². The number of nitriles is 1. The van der Waals surface area contributed by atoms with Gasteiger partial charge in [-0.3, -0.25) is 19.4 Å². The fraction of sp³-hybridized carbons (Fsp3) is 0.381. The second-order valence-corrected chi connectivity index (χ2v) is 16.5. The minimum Gasteiger partial charge on any atom is -0.457 e. The molecule has 14 nitrogen and oxygen atoms in total. The Labute approximate surface area is 336 Å². The second-order valence-electron chi connectivity index (χ2n) is 15.5.